The summed E-state index contributed by atoms with van der Waals surface area (Å²) in [6, 6.07) is 15.7. The summed E-state index contributed by atoms with van der Waals surface area (Å²) in [5, 5.41) is 0.426. The monoisotopic (exact) mass is 381 g/mol. The summed E-state index contributed by atoms with van der Waals surface area (Å²) in [4.78, 5) is 23.2. The highest BCUT2D eigenvalue weighted by Gasteiger charge is 2.24. The number of thiazole rings is 1. The van der Waals surface area contributed by atoms with E-state index in [9.17, 15) is 13.6 Å². The number of carbonyl (C=O) groups excluding carboxylic acids is 1. The molecule has 0 saturated carbocycles. The number of amides is 1. The first-order valence-corrected chi connectivity index (χ1v) is 8.96. The molecule has 0 fully saturated rings. The molecule has 0 bridgehead atoms. The summed E-state index contributed by atoms with van der Waals surface area (Å²) in [5.74, 6) is -2.25. The molecule has 0 radical (unpaired) electrons. The lowest BCUT2D eigenvalue weighted by Crippen LogP contribution is -2.31. The Hall–Kier alpha value is -3.19. The van der Waals surface area contributed by atoms with Crippen LogP contribution in [0.1, 0.15) is 16.1 Å². The molecule has 0 aliphatic carbocycles. The number of hydrogen-bond donors (Lipinski definition) is 0. The van der Waals surface area contributed by atoms with Gasteiger partial charge in [0, 0.05) is 12.3 Å². The maximum Gasteiger partial charge on any atom is 0.263 e. The molecule has 4 nitrogen and oxygen atoms in total. The summed E-state index contributed by atoms with van der Waals surface area (Å²) < 4.78 is 28.3. The number of hydrogen-bond acceptors (Lipinski definition) is 4. The van der Waals surface area contributed by atoms with Crippen molar-refractivity contribution in [3.8, 4) is 0 Å². The van der Waals surface area contributed by atoms with Gasteiger partial charge in [0.1, 0.15) is 11.6 Å². The number of rotatable bonds is 4. The molecule has 2 heterocycles. The van der Waals surface area contributed by atoms with Gasteiger partial charge < -0.3 is 0 Å². The van der Waals surface area contributed by atoms with Crippen molar-refractivity contribution in [2.75, 3.05) is 4.90 Å². The number of fused-ring (bicyclic) bond motifs is 1. The van der Waals surface area contributed by atoms with Crippen molar-refractivity contribution in [2.24, 2.45) is 0 Å². The number of aromatic nitrogens is 2. The van der Waals surface area contributed by atoms with E-state index in [1.165, 1.54) is 16.2 Å². The normalized spacial score (nSPS) is 10.9. The van der Waals surface area contributed by atoms with Crippen LogP contribution in [-0.4, -0.2) is 15.9 Å². The number of carbonyl (C=O) groups is 1. The van der Waals surface area contributed by atoms with Gasteiger partial charge in [0.25, 0.3) is 5.91 Å². The third kappa shape index (κ3) is 3.54. The molecule has 1 amide bonds. The minimum Gasteiger partial charge on any atom is -0.278 e. The molecule has 7 heteroatoms. The quantitative estimate of drug-likeness (QED) is 0.509. The summed E-state index contributed by atoms with van der Waals surface area (Å²) >= 11 is 1.33. The summed E-state index contributed by atoms with van der Waals surface area (Å²) in [6.45, 7) is 0.121. The molecule has 4 aromatic rings. The van der Waals surface area contributed by atoms with Crippen LogP contribution in [0.2, 0.25) is 0 Å². The van der Waals surface area contributed by atoms with Gasteiger partial charge in [-0.25, -0.2) is 13.8 Å². The fourth-order valence-corrected chi connectivity index (χ4v) is 3.63. The third-order valence-electron chi connectivity index (χ3n) is 3.97. The van der Waals surface area contributed by atoms with E-state index < -0.39 is 17.5 Å². The number of pyridine rings is 1. The molecule has 2 aromatic carbocycles. The first kappa shape index (κ1) is 17.2. The first-order valence-electron chi connectivity index (χ1n) is 8.14. The van der Waals surface area contributed by atoms with Gasteiger partial charge in [0.05, 0.1) is 28.0 Å². The van der Waals surface area contributed by atoms with Crippen LogP contribution in [0.15, 0.2) is 66.9 Å². The molecule has 0 spiro atoms. The van der Waals surface area contributed by atoms with Crippen LogP contribution in [-0.2, 0) is 6.54 Å². The number of benzene rings is 2. The smallest absolute Gasteiger partial charge is 0.263 e. The van der Waals surface area contributed by atoms with Crippen molar-refractivity contribution in [1.82, 2.24) is 9.97 Å². The number of para-hydroxylation sites is 1. The molecule has 0 aliphatic heterocycles. The first-order chi connectivity index (χ1) is 13.1. The number of halogens is 2. The van der Waals surface area contributed by atoms with Gasteiger partial charge >= 0.3 is 0 Å². The van der Waals surface area contributed by atoms with E-state index in [0.29, 0.717) is 16.9 Å². The fourth-order valence-electron chi connectivity index (χ4n) is 2.66. The van der Waals surface area contributed by atoms with Crippen LogP contribution in [0.3, 0.4) is 0 Å². The van der Waals surface area contributed by atoms with Crippen LogP contribution >= 0.6 is 11.3 Å². The van der Waals surface area contributed by atoms with Crippen molar-refractivity contribution >= 4 is 32.6 Å². The van der Waals surface area contributed by atoms with Gasteiger partial charge in [0.2, 0.25) is 0 Å². The molecule has 134 valence electrons. The van der Waals surface area contributed by atoms with Crippen LogP contribution in [0, 0.1) is 11.6 Å². The van der Waals surface area contributed by atoms with E-state index >= 15 is 0 Å². The highest BCUT2D eigenvalue weighted by atomic mass is 32.1. The topological polar surface area (TPSA) is 46.1 Å². The second-order valence-corrected chi connectivity index (χ2v) is 6.81. The van der Waals surface area contributed by atoms with E-state index in [1.807, 2.05) is 30.3 Å². The minimum absolute atomic E-state index is 0.121. The molecule has 2 aromatic heterocycles. The fraction of sp³-hybridized carbons (Fsp3) is 0.0500. The summed E-state index contributed by atoms with van der Waals surface area (Å²) in [6.07, 6.45) is 1.62. The van der Waals surface area contributed by atoms with Crippen LogP contribution < -0.4 is 4.90 Å². The standard InChI is InChI=1S/C20H13F2N3OS/c21-13-8-9-15(16(22)11-13)19(26)25(12-14-5-3-4-10-23-14)20-24-17-6-1-2-7-18(17)27-20/h1-11H,12H2. The molecular weight excluding hydrogens is 368 g/mol. The van der Waals surface area contributed by atoms with E-state index in [1.54, 1.807) is 18.3 Å². The molecule has 0 saturated heterocycles. The van der Waals surface area contributed by atoms with Crippen LogP contribution in [0.25, 0.3) is 10.2 Å². The molecule has 0 aliphatic rings. The Balaban J connectivity index is 1.78. The molecule has 4 rings (SSSR count). The van der Waals surface area contributed by atoms with Gasteiger partial charge in [-0.15, -0.1) is 0 Å². The molecule has 0 unspecified atom stereocenters. The van der Waals surface area contributed by atoms with Gasteiger partial charge in [-0.05, 0) is 36.4 Å². The van der Waals surface area contributed by atoms with Crippen molar-refractivity contribution in [2.45, 2.75) is 6.54 Å². The predicted octanol–water partition coefficient (Wildman–Crippen LogP) is 4.82. The van der Waals surface area contributed by atoms with E-state index in [0.717, 1.165) is 22.3 Å². The molecule has 0 N–H and O–H groups in total. The van der Waals surface area contributed by atoms with Gasteiger partial charge in [-0.3, -0.25) is 14.7 Å². The average Bonchev–Trinajstić information content (AvgIpc) is 3.10. The molecular formula is C20H13F2N3OS. The largest absolute Gasteiger partial charge is 0.278 e. The number of anilines is 1. The molecule has 0 atom stereocenters. The Morgan fingerprint density at radius 2 is 1.85 bits per heavy atom. The second-order valence-electron chi connectivity index (χ2n) is 5.80. The maximum atomic E-state index is 14.2. The second kappa shape index (κ2) is 7.20. The summed E-state index contributed by atoms with van der Waals surface area (Å²) in [7, 11) is 0. The van der Waals surface area contributed by atoms with E-state index in [2.05, 4.69) is 9.97 Å². The lowest BCUT2D eigenvalue weighted by Gasteiger charge is -2.20. The third-order valence-corrected chi connectivity index (χ3v) is 5.03. The number of nitrogens with zero attached hydrogens (tertiary/aromatic N) is 3. The maximum absolute atomic E-state index is 14.2. The van der Waals surface area contributed by atoms with E-state index in [-0.39, 0.29) is 12.1 Å². The Kier molecular flexibility index (Phi) is 4.60. The zero-order chi connectivity index (χ0) is 18.8. The predicted molar refractivity (Wildman–Crippen MR) is 101 cm³/mol. The lowest BCUT2D eigenvalue weighted by atomic mass is 10.1. The SMILES string of the molecule is O=C(c1ccc(F)cc1F)N(Cc1ccccn1)c1nc2ccccc2s1. The van der Waals surface area contributed by atoms with Crippen LogP contribution in [0.5, 0.6) is 0 Å². The van der Waals surface area contributed by atoms with Gasteiger partial charge in [-0.2, -0.15) is 0 Å². The Bertz CT molecular complexity index is 1080. The average molecular weight is 381 g/mol. The highest BCUT2D eigenvalue weighted by Crippen LogP contribution is 2.30. The molecule has 27 heavy (non-hydrogen) atoms. The minimum atomic E-state index is -0.910. The summed E-state index contributed by atoms with van der Waals surface area (Å²) in [5.41, 5.74) is 1.16. The zero-order valence-corrected chi connectivity index (χ0v) is 14.8. The van der Waals surface area contributed by atoms with Crippen molar-refractivity contribution in [1.29, 1.82) is 0 Å². The Morgan fingerprint density at radius 1 is 1.04 bits per heavy atom. The Labute approximate surface area is 157 Å². The zero-order valence-electron chi connectivity index (χ0n) is 14.0. The van der Waals surface area contributed by atoms with Crippen molar-refractivity contribution < 1.29 is 13.6 Å². The Morgan fingerprint density at radius 3 is 2.59 bits per heavy atom. The lowest BCUT2D eigenvalue weighted by molar-refractivity contribution is 0.0981. The van der Waals surface area contributed by atoms with Crippen LogP contribution in [0.4, 0.5) is 13.9 Å². The van der Waals surface area contributed by atoms with Crippen molar-refractivity contribution in [3.05, 3.63) is 89.8 Å². The van der Waals surface area contributed by atoms with Gasteiger partial charge in [-0.1, -0.05) is 29.5 Å². The van der Waals surface area contributed by atoms with E-state index in [4.69, 9.17) is 0 Å². The highest BCUT2D eigenvalue weighted by molar-refractivity contribution is 7.22. The van der Waals surface area contributed by atoms with Crippen molar-refractivity contribution in [3.63, 3.8) is 0 Å². The van der Waals surface area contributed by atoms with Gasteiger partial charge in [0.15, 0.2) is 5.13 Å².